The molecule has 5 fully saturated rings. The fourth-order valence-corrected chi connectivity index (χ4v) is 13.6. The monoisotopic (exact) mass is 657 g/mol. The number of fused-ring (bicyclic) bond motifs is 7. The summed E-state index contributed by atoms with van der Waals surface area (Å²) in [5, 5.41) is 26.6. The van der Waals surface area contributed by atoms with Crippen molar-refractivity contribution in [2.45, 2.75) is 118 Å². The molecule has 0 unspecified atom stereocenters. The van der Waals surface area contributed by atoms with Gasteiger partial charge in [-0.15, -0.1) is 0 Å². The molecule has 6 nitrogen and oxygen atoms in total. The van der Waals surface area contributed by atoms with E-state index in [-0.39, 0.29) is 33.2 Å². The average molecular weight is 658 g/mol. The van der Waals surface area contributed by atoms with Crippen molar-refractivity contribution in [1.29, 1.82) is 0 Å². The van der Waals surface area contributed by atoms with Gasteiger partial charge in [0.15, 0.2) is 6.29 Å². The molecule has 1 saturated heterocycles. The molecule has 48 heavy (non-hydrogen) atoms. The molecule has 0 bridgehead atoms. The summed E-state index contributed by atoms with van der Waals surface area (Å²) >= 11 is 0. The summed E-state index contributed by atoms with van der Waals surface area (Å²) in [6.07, 6.45) is 12.8. The first-order valence-corrected chi connectivity index (χ1v) is 19.3. The molecule has 0 radical (unpaired) electrons. The molecular weight excluding hydrogens is 594 g/mol. The lowest BCUT2D eigenvalue weighted by molar-refractivity contribution is -0.218. The third-order valence-electron chi connectivity index (χ3n) is 16.1. The topological polar surface area (TPSA) is 84.8 Å². The summed E-state index contributed by atoms with van der Waals surface area (Å²) in [6.45, 7) is 23.3. The van der Waals surface area contributed by atoms with Crippen LogP contribution in [0.4, 0.5) is 4.79 Å². The van der Waals surface area contributed by atoms with E-state index in [1.807, 2.05) is 12.1 Å². The number of urea groups is 1. The molecule has 6 aliphatic rings. The Balaban J connectivity index is 1.19. The maximum absolute atomic E-state index is 13.9. The normalized spacial score (nSPS) is 42.1. The Morgan fingerprint density at radius 1 is 0.917 bits per heavy atom. The smallest absolute Gasteiger partial charge is 0.317 e. The third-order valence-corrected chi connectivity index (χ3v) is 16.1. The van der Waals surface area contributed by atoms with Crippen LogP contribution in [0.5, 0.6) is 0 Å². The zero-order valence-corrected chi connectivity index (χ0v) is 30.7. The summed E-state index contributed by atoms with van der Waals surface area (Å²) in [5.41, 5.74) is 5.09. The van der Waals surface area contributed by atoms with Crippen LogP contribution in [-0.2, 0) is 0 Å². The Bertz CT molecular complexity index is 1440. The average Bonchev–Trinajstić information content (AvgIpc) is 3.20. The van der Waals surface area contributed by atoms with Crippen LogP contribution >= 0.6 is 0 Å². The standard InChI is InChI=1S/C42H63N3O3/c1-27(2)30-15-20-42(44-37(48)45-25-8-23-43-24-26-45)22-21-40(6)32(35(30)42)13-14-34-39(5)18-16-31(28-9-11-29(12-10-28)36(46)47)38(3,4)33(39)17-19-41(34,40)7/h9-12,16,30,32-36,43,46-47H,1,8,13-15,17-26H2,2-7H3,(H,44,48)/t30-,32+,33-,34+,35+,39-,40+,41+,42-/m0/s1. The maximum Gasteiger partial charge on any atom is 0.317 e. The second-order valence-corrected chi connectivity index (χ2v) is 18.4. The summed E-state index contributed by atoms with van der Waals surface area (Å²) in [5.74, 6) is 2.77. The number of aliphatic hydroxyl groups is 2. The third kappa shape index (κ3) is 5.00. The van der Waals surface area contributed by atoms with Crippen LogP contribution < -0.4 is 10.6 Å². The summed E-state index contributed by atoms with van der Waals surface area (Å²) in [4.78, 5) is 16.0. The van der Waals surface area contributed by atoms with E-state index in [4.69, 9.17) is 0 Å². The number of nitrogens with zero attached hydrogens (tertiary/aromatic N) is 1. The van der Waals surface area contributed by atoms with Crippen molar-refractivity contribution in [3.63, 3.8) is 0 Å². The van der Waals surface area contributed by atoms with Crippen LogP contribution in [0.15, 0.2) is 42.5 Å². The lowest BCUT2D eigenvalue weighted by Gasteiger charge is -2.72. The van der Waals surface area contributed by atoms with E-state index in [1.165, 1.54) is 48.8 Å². The number of carbonyl (C=O) groups is 1. The molecule has 4 saturated carbocycles. The molecular formula is C42H63N3O3. The summed E-state index contributed by atoms with van der Waals surface area (Å²) in [6, 6.07) is 8.06. The first-order chi connectivity index (χ1) is 22.7. The Kier molecular flexibility index (Phi) is 8.56. The molecule has 6 heteroatoms. The highest BCUT2D eigenvalue weighted by Gasteiger charge is 2.70. The molecule has 1 aliphatic heterocycles. The molecule has 1 aromatic carbocycles. The van der Waals surface area contributed by atoms with Crippen molar-refractivity contribution < 1.29 is 15.0 Å². The van der Waals surface area contributed by atoms with E-state index in [0.29, 0.717) is 35.2 Å². The van der Waals surface area contributed by atoms with Crippen LogP contribution in [-0.4, -0.2) is 52.9 Å². The second-order valence-electron chi connectivity index (χ2n) is 18.4. The quantitative estimate of drug-likeness (QED) is 0.195. The van der Waals surface area contributed by atoms with Gasteiger partial charge in [-0.2, -0.15) is 0 Å². The van der Waals surface area contributed by atoms with Gasteiger partial charge in [0.25, 0.3) is 0 Å². The van der Waals surface area contributed by atoms with Crippen molar-refractivity contribution in [3.8, 4) is 0 Å². The maximum atomic E-state index is 13.9. The zero-order valence-electron chi connectivity index (χ0n) is 30.7. The number of benzene rings is 1. The van der Waals surface area contributed by atoms with Crippen molar-refractivity contribution in [1.82, 2.24) is 15.5 Å². The number of nitrogens with one attached hydrogen (secondary N) is 2. The van der Waals surface area contributed by atoms with Gasteiger partial charge in [-0.3, -0.25) is 0 Å². The van der Waals surface area contributed by atoms with E-state index in [1.54, 1.807) is 0 Å². The highest BCUT2D eigenvalue weighted by Crippen LogP contribution is 2.76. The highest BCUT2D eigenvalue weighted by molar-refractivity contribution is 5.75. The largest absolute Gasteiger partial charge is 0.364 e. The van der Waals surface area contributed by atoms with Crippen molar-refractivity contribution in [2.24, 2.45) is 51.2 Å². The van der Waals surface area contributed by atoms with Crippen molar-refractivity contribution in [3.05, 3.63) is 53.6 Å². The SMILES string of the molecule is C=C(C)[C@@H]1CC[C@]2(NC(=O)N3CCCNCC3)CC[C@]3(C)[C@H](CC[C@@H]4[C@@]5(C)CC=C(c6ccc(C(O)O)cc6)C(C)(C)[C@@H]5CC[C@]43C)[C@@H]12. The van der Waals surface area contributed by atoms with Gasteiger partial charge in [0.05, 0.1) is 0 Å². The Hall–Kier alpha value is -2.15. The van der Waals surface area contributed by atoms with Crippen LogP contribution in [0, 0.1) is 51.2 Å². The summed E-state index contributed by atoms with van der Waals surface area (Å²) in [7, 11) is 0. The number of allylic oxidation sites excluding steroid dienone is 3. The van der Waals surface area contributed by atoms with Crippen LogP contribution in [0.25, 0.3) is 5.57 Å². The second kappa shape index (κ2) is 12.0. The Morgan fingerprint density at radius 2 is 1.67 bits per heavy atom. The molecule has 1 heterocycles. The molecule has 7 rings (SSSR count). The van der Waals surface area contributed by atoms with Crippen molar-refractivity contribution in [2.75, 3.05) is 26.2 Å². The highest BCUT2D eigenvalue weighted by atomic mass is 16.5. The minimum atomic E-state index is -1.43. The van der Waals surface area contributed by atoms with Crippen LogP contribution in [0.1, 0.15) is 123 Å². The van der Waals surface area contributed by atoms with E-state index in [2.05, 4.69) is 81.9 Å². The molecule has 0 aromatic heterocycles. The van der Waals surface area contributed by atoms with Gasteiger partial charge < -0.3 is 25.7 Å². The fourth-order valence-electron chi connectivity index (χ4n) is 13.6. The number of hydrogen-bond acceptors (Lipinski definition) is 4. The molecule has 2 amide bonds. The van der Waals surface area contributed by atoms with Gasteiger partial charge in [0, 0.05) is 30.7 Å². The Morgan fingerprint density at radius 3 is 2.38 bits per heavy atom. The van der Waals surface area contributed by atoms with Crippen LogP contribution in [0.3, 0.4) is 0 Å². The number of rotatable bonds is 4. The number of carbonyl (C=O) groups excluding carboxylic acids is 1. The first kappa shape index (κ1) is 34.3. The fraction of sp³-hybridized carbons (Fsp3) is 0.738. The van der Waals surface area contributed by atoms with Gasteiger partial charge in [-0.05, 0) is 140 Å². The molecule has 0 spiro atoms. The number of amides is 2. The lowest BCUT2D eigenvalue weighted by atomic mass is 9.33. The minimum Gasteiger partial charge on any atom is -0.364 e. The molecule has 1 aromatic rings. The molecule has 264 valence electrons. The predicted molar refractivity (Wildman–Crippen MR) is 194 cm³/mol. The summed E-state index contributed by atoms with van der Waals surface area (Å²) < 4.78 is 0. The van der Waals surface area contributed by atoms with E-state index < -0.39 is 6.29 Å². The van der Waals surface area contributed by atoms with Crippen molar-refractivity contribution >= 4 is 11.6 Å². The van der Waals surface area contributed by atoms with Gasteiger partial charge in [0.2, 0.25) is 0 Å². The van der Waals surface area contributed by atoms with Gasteiger partial charge >= 0.3 is 6.03 Å². The van der Waals surface area contributed by atoms with E-state index >= 15 is 0 Å². The first-order valence-electron chi connectivity index (χ1n) is 19.3. The van der Waals surface area contributed by atoms with Gasteiger partial charge in [0.1, 0.15) is 0 Å². The minimum absolute atomic E-state index is 0.0246. The lowest BCUT2D eigenvalue weighted by Crippen LogP contribution is -2.68. The Labute approximate surface area is 290 Å². The molecule has 5 aliphatic carbocycles. The van der Waals surface area contributed by atoms with Gasteiger partial charge in [-0.25, -0.2) is 4.79 Å². The molecule has 4 N–H and O–H groups in total. The van der Waals surface area contributed by atoms with E-state index in [0.717, 1.165) is 58.3 Å². The molecule has 9 atom stereocenters. The number of hydrogen-bond donors (Lipinski definition) is 4. The van der Waals surface area contributed by atoms with E-state index in [9.17, 15) is 15.0 Å². The van der Waals surface area contributed by atoms with Gasteiger partial charge in [-0.1, -0.05) is 77.1 Å². The zero-order chi connectivity index (χ0) is 34.3. The predicted octanol–water partition coefficient (Wildman–Crippen LogP) is 8.08. The number of aliphatic hydroxyl groups excluding tert-OH is 1. The van der Waals surface area contributed by atoms with Crippen LogP contribution in [0.2, 0.25) is 0 Å².